The molecule has 49 heavy (non-hydrogen) atoms. The van der Waals surface area contributed by atoms with Crippen molar-refractivity contribution in [3.63, 3.8) is 0 Å². The van der Waals surface area contributed by atoms with Gasteiger partial charge < -0.3 is 29.9 Å². The molecule has 0 radical (unpaired) electrons. The van der Waals surface area contributed by atoms with Crippen molar-refractivity contribution in [1.29, 1.82) is 0 Å². The number of aliphatic hydroxyl groups is 1. The van der Waals surface area contributed by atoms with Gasteiger partial charge in [0.15, 0.2) is 0 Å². The molecule has 0 aliphatic carbocycles. The van der Waals surface area contributed by atoms with Gasteiger partial charge in [-0.3, -0.25) is 14.7 Å². The Labute approximate surface area is 294 Å². The average molecular weight is 707 g/mol. The van der Waals surface area contributed by atoms with Gasteiger partial charge in [-0.05, 0) is 37.6 Å². The minimum atomic E-state index is -1.10. The number of aromatic nitrogens is 2. The van der Waals surface area contributed by atoms with E-state index in [4.69, 9.17) is 37.7 Å². The summed E-state index contributed by atoms with van der Waals surface area (Å²) in [7, 11) is 1.48. The summed E-state index contributed by atoms with van der Waals surface area (Å²) < 4.78 is 11.7. The molecule has 2 aromatic carbocycles. The molecule has 2 amide bonds. The Bertz CT molecular complexity index is 1870. The molecule has 1 unspecified atom stereocenters. The lowest BCUT2D eigenvalue weighted by Gasteiger charge is -2.23. The second-order valence-corrected chi connectivity index (χ2v) is 13.0. The van der Waals surface area contributed by atoms with Crippen LogP contribution in [0.4, 0.5) is 4.79 Å². The van der Waals surface area contributed by atoms with E-state index in [2.05, 4.69) is 15.2 Å². The summed E-state index contributed by atoms with van der Waals surface area (Å²) in [5.41, 5.74) is 5.54. The molecule has 0 saturated carbocycles. The molecule has 2 atom stereocenters. The number of aliphatic hydroxyl groups excluding tert-OH is 1. The number of fused-ring (bicyclic) bond motifs is 1. The van der Waals surface area contributed by atoms with Crippen LogP contribution in [0.3, 0.4) is 0 Å². The zero-order chi connectivity index (χ0) is 34.7. The Morgan fingerprint density at radius 3 is 2.67 bits per heavy atom. The largest absolute Gasteiger partial charge is 0.492 e. The quantitative estimate of drug-likeness (QED) is 0.178. The fraction of sp³-hybridized carbons (Fsp3) is 0.333. The number of carbonyl (C=O) groups is 2. The SMILES string of the molecule is COc1nc(-c2cccc(-c3ccnc(-c4ccc5c(c4)OCCN(CC(C)O)C5)c3Cl)c2Cl)ccc1CN(C[C@@H]1CCC(=O)N1)C(=O)O. The molecule has 4 aromatic rings. The number of ether oxygens (including phenoxy) is 2. The number of benzene rings is 2. The molecule has 1 fully saturated rings. The molecular formula is C36H37Cl2N5O6. The van der Waals surface area contributed by atoms with Crippen molar-refractivity contribution in [3.05, 3.63) is 82.0 Å². The molecule has 4 heterocycles. The maximum atomic E-state index is 12.0. The van der Waals surface area contributed by atoms with Crippen LogP contribution < -0.4 is 14.8 Å². The normalized spacial score (nSPS) is 16.7. The van der Waals surface area contributed by atoms with E-state index in [1.165, 1.54) is 12.0 Å². The third kappa shape index (κ3) is 7.75. The summed E-state index contributed by atoms with van der Waals surface area (Å²) in [4.78, 5) is 36.4. The van der Waals surface area contributed by atoms with Crippen LogP contribution in [0.25, 0.3) is 33.6 Å². The second-order valence-electron chi connectivity index (χ2n) is 12.3. The van der Waals surface area contributed by atoms with E-state index < -0.39 is 12.2 Å². The number of rotatable bonds is 10. The molecule has 11 nitrogen and oxygen atoms in total. The van der Waals surface area contributed by atoms with Gasteiger partial charge in [-0.2, -0.15) is 0 Å². The first-order valence-corrected chi connectivity index (χ1v) is 16.8. The number of pyridine rings is 2. The Morgan fingerprint density at radius 2 is 1.94 bits per heavy atom. The maximum Gasteiger partial charge on any atom is 0.407 e. The van der Waals surface area contributed by atoms with Crippen molar-refractivity contribution in [1.82, 2.24) is 25.1 Å². The first-order valence-electron chi connectivity index (χ1n) is 16.0. The number of nitrogens with zero attached hydrogens (tertiary/aromatic N) is 4. The number of amides is 2. The third-order valence-electron chi connectivity index (χ3n) is 8.67. The van der Waals surface area contributed by atoms with Crippen molar-refractivity contribution in [3.8, 4) is 45.3 Å². The van der Waals surface area contributed by atoms with Crippen LogP contribution in [-0.2, 0) is 17.9 Å². The van der Waals surface area contributed by atoms with E-state index in [1.54, 1.807) is 25.3 Å². The Morgan fingerprint density at radius 1 is 1.14 bits per heavy atom. The number of hydrogen-bond acceptors (Lipinski definition) is 8. The van der Waals surface area contributed by atoms with Gasteiger partial charge in [0.2, 0.25) is 11.8 Å². The number of carboxylic acid groups (broad SMARTS) is 1. The number of carbonyl (C=O) groups excluding carboxylic acids is 1. The van der Waals surface area contributed by atoms with E-state index in [0.29, 0.717) is 82.8 Å². The van der Waals surface area contributed by atoms with Crippen LogP contribution in [-0.4, -0.2) is 87.5 Å². The van der Waals surface area contributed by atoms with Gasteiger partial charge in [0.05, 0.1) is 41.2 Å². The highest BCUT2D eigenvalue weighted by Crippen LogP contribution is 2.42. The van der Waals surface area contributed by atoms with Crippen molar-refractivity contribution < 1.29 is 29.3 Å². The van der Waals surface area contributed by atoms with Gasteiger partial charge in [-0.25, -0.2) is 9.78 Å². The minimum absolute atomic E-state index is 0.0369. The summed E-state index contributed by atoms with van der Waals surface area (Å²) in [5, 5.41) is 23.4. The van der Waals surface area contributed by atoms with Crippen molar-refractivity contribution in [2.75, 3.05) is 33.4 Å². The van der Waals surface area contributed by atoms with Crippen molar-refractivity contribution >= 4 is 35.2 Å². The average Bonchev–Trinajstić information content (AvgIpc) is 3.38. The van der Waals surface area contributed by atoms with Gasteiger partial charge in [-0.1, -0.05) is 53.5 Å². The van der Waals surface area contributed by atoms with Gasteiger partial charge in [0.25, 0.3) is 0 Å². The van der Waals surface area contributed by atoms with Gasteiger partial charge in [0.1, 0.15) is 12.4 Å². The number of hydrogen-bond donors (Lipinski definition) is 3. The second kappa shape index (κ2) is 15.0. The molecule has 2 aliphatic rings. The lowest BCUT2D eigenvalue weighted by Crippen LogP contribution is -2.41. The van der Waals surface area contributed by atoms with E-state index in [-0.39, 0.29) is 30.9 Å². The van der Waals surface area contributed by atoms with Crippen LogP contribution in [0, 0.1) is 0 Å². The van der Waals surface area contributed by atoms with Crippen LogP contribution in [0.2, 0.25) is 10.0 Å². The van der Waals surface area contributed by atoms with E-state index in [0.717, 1.165) is 16.9 Å². The summed E-state index contributed by atoms with van der Waals surface area (Å²) in [5.74, 6) is 0.950. The van der Waals surface area contributed by atoms with E-state index in [1.807, 2.05) is 42.5 Å². The maximum absolute atomic E-state index is 12.0. The predicted molar refractivity (Wildman–Crippen MR) is 187 cm³/mol. The highest BCUT2D eigenvalue weighted by atomic mass is 35.5. The molecule has 1 saturated heterocycles. The molecule has 2 aliphatic heterocycles. The van der Waals surface area contributed by atoms with Crippen LogP contribution >= 0.6 is 23.2 Å². The summed E-state index contributed by atoms with van der Waals surface area (Å²) in [6, 6.07) is 16.6. The predicted octanol–water partition coefficient (Wildman–Crippen LogP) is 6.13. The molecule has 3 N–H and O–H groups in total. The van der Waals surface area contributed by atoms with Crippen LogP contribution in [0.5, 0.6) is 11.6 Å². The summed E-state index contributed by atoms with van der Waals surface area (Å²) >= 11 is 14.1. The topological polar surface area (TPSA) is 137 Å². The van der Waals surface area contributed by atoms with Gasteiger partial charge in [-0.15, -0.1) is 0 Å². The first kappa shape index (κ1) is 34.4. The number of nitrogens with one attached hydrogen (secondary N) is 1. The molecule has 13 heteroatoms. The third-order valence-corrected chi connectivity index (χ3v) is 9.46. The van der Waals surface area contributed by atoms with Crippen LogP contribution in [0.15, 0.2) is 60.8 Å². The van der Waals surface area contributed by atoms with Gasteiger partial charge >= 0.3 is 6.09 Å². The Hall–Kier alpha value is -4.42. The highest BCUT2D eigenvalue weighted by Gasteiger charge is 2.27. The first-order chi connectivity index (χ1) is 23.6. The molecule has 6 rings (SSSR count). The minimum Gasteiger partial charge on any atom is -0.492 e. The molecule has 256 valence electrons. The van der Waals surface area contributed by atoms with E-state index in [9.17, 15) is 19.8 Å². The van der Waals surface area contributed by atoms with Crippen molar-refractivity contribution in [2.24, 2.45) is 0 Å². The fourth-order valence-electron chi connectivity index (χ4n) is 6.30. The fourth-order valence-corrected chi connectivity index (χ4v) is 6.95. The number of methoxy groups -OCH3 is 1. The zero-order valence-electron chi connectivity index (χ0n) is 27.2. The highest BCUT2D eigenvalue weighted by molar-refractivity contribution is 6.39. The number of halogens is 2. The Balaban J connectivity index is 1.27. The molecule has 2 aromatic heterocycles. The number of β-amino-alcohol motifs (C(OH)–C–C–N with tert-alkyl or cyclic N) is 1. The Kier molecular flexibility index (Phi) is 10.5. The zero-order valence-corrected chi connectivity index (χ0v) is 28.7. The lowest BCUT2D eigenvalue weighted by molar-refractivity contribution is -0.119. The molecule has 0 spiro atoms. The lowest BCUT2D eigenvalue weighted by atomic mass is 9.99. The van der Waals surface area contributed by atoms with Crippen LogP contribution in [0.1, 0.15) is 30.9 Å². The molecular weight excluding hydrogens is 669 g/mol. The van der Waals surface area contributed by atoms with Gasteiger partial charge in [0, 0.05) is 78.2 Å². The smallest absolute Gasteiger partial charge is 0.407 e. The molecule has 0 bridgehead atoms. The van der Waals surface area contributed by atoms with Crippen molar-refractivity contribution in [2.45, 2.75) is 45.0 Å². The monoisotopic (exact) mass is 705 g/mol. The summed E-state index contributed by atoms with van der Waals surface area (Å²) in [6.07, 6.45) is 1.13. The van der Waals surface area contributed by atoms with E-state index >= 15 is 0 Å². The summed E-state index contributed by atoms with van der Waals surface area (Å²) in [6.45, 7) is 4.43. The standard InChI is InChI=1S/C36H37Cl2N5O6/c1-21(44)17-42-14-15-49-30-16-22(6-7-23(30)18-42)34-33(38)27(12-13-39-34)26-4-3-5-28(32(26)37)29-10-8-24(35(41-29)48-2)19-43(36(46)47)20-25-9-11-31(45)40-25/h3-8,10,12-13,16,21,25,44H,9,11,14-15,17-20H2,1-2H3,(H,40,45)(H,46,47)/t21?,25-/m0/s1.